The van der Waals surface area contributed by atoms with Gasteiger partial charge in [0.15, 0.2) is 0 Å². The van der Waals surface area contributed by atoms with Crippen LogP contribution in [-0.2, 0) is 4.79 Å². The molecule has 0 spiro atoms. The number of carbonyl (C=O) groups is 1. The number of hydrogen-bond acceptors (Lipinski definition) is 3. The predicted octanol–water partition coefficient (Wildman–Crippen LogP) is 1.48. The number of carbonyl (C=O) groups excluding carboxylic acids is 1. The van der Waals surface area contributed by atoms with E-state index in [2.05, 4.69) is 24.1 Å². The molecule has 3 aliphatic heterocycles. The molecule has 1 amide bonds. The summed E-state index contributed by atoms with van der Waals surface area (Å²) in [4.78, 5) is 14.7. The Morgan fingerprint density at radius 3 is 2.82 bits per heavy atom. The summed E-state index contributed by atoms with van der Waals surface area (Å²) in [6.45, 7) is 6.36. The van der Waals surface area contributed by atoms with Crippen LogP contribution >= 0.6 is 11.8 Å². The molecule has 3 unspecified atom stereocenters. The first kappa shape index (κ1) is 11.8. The fourth-order valence-corrected chi connectivity index (χ4v) is 4.65. The predicted molar refractivity (Wildman–Crippen MR) is 71.2 cm³/mol. The normalized spacial score (nSPS) is 39.6. The van der Waals surface area contributed by atoms with Crippen LogP contribution in [0.15, 0.2) is 0 Å². The van der Waals surface area contributed by atoms with E-state index in [0.29, 0.717) is 18.0 Å². The van der Waals surface area contributed by atoms with Crippen molar-refractivity contribution < 1.29 is 4.79 Å². The maximum absolute atomic E-state index is 12.6. The van der Waals surface area contributed by atoms with Crippen LogP contribution in [-0.4, -0.2) is 46.5 Å². The number of fused-ring (bicyclic) bond motifs is 2. The number of rotatable bonds is 1. The van der Waals surface area contributed by atoms with Crippen molar-refractivity contribution in [3.63, 3.8) is 0 Å². The molecule has 3 aliphatic rings. The summed E-state index contributed by atoms with van der Waals surface area (Å²) in [6, 6.07) is 1.10. The molecule has 3 rings (SSSR count). The third kappa shape index (κ3) is 2.22. The topological polar surface area (TPSA) is 32.3 Å². The van der Waals surface area contributed by atoms with Gasteiger partial charge in [0.1, 0.15) is 0 Å². The molecule has 17 heavy (non-hydrogen) atoms. The molecule has 2 bridgehead atoms. The maximum atomic E-state index is 12.6. The molecule has 3 nitrogen and oxygen atoms in total. The lowest BCUT2D eigenvalue weighted by Crippen LogP contribution is -2.50. The Hall–Kier alpha value is -0.220. The molecule has 3 saturated heterocycles. The second-order valence-corrected chi connectivity index (χ2v) is 8.06. The standard InChI is InChI=1S/C13H22N2OS/c1-13(2)8-15(5-6-17-13)12(16)10-7-9-3-4-11(10)14-9/h9-11,14H,3-8H2,1-2H3. The zero-order chi connectivity index (χ0) is 12.0. The molecule has 0 aliphatic carbocycles. The van der Waals surface area contributed by atoms with Crippen molar-refractivity contribution in [3.8, 4) is 0 Å². The molecule has 3 atom stereocenters. The number of nitrogens with one attached hydrogen (secondary N) is 1. The molecule has 0 radical (unpaired) electrons. The molecule has 0 saturated carbocycles. The van der Waals surface area contributed by atoms with Crippen molar-refractivity contribution in [2.24, 2.45) is 5.92 Å². The largest absolute Gasteiger partial charge is 0.340 e. The average Bonchev–Trinajstić information content (AvgIpc) is 2.88. The summed E-state index contributed by atoms with van der Waals surface area (Å²) in [6.07, 6.45) is 3.55. The van der Waals surface area contributed by atoms with Crippen LogP contribution in [0.5, 0.6) is 0 Å². The quantitative estimate of drug-likeness (QED) is 0.769. The van der Waals surface area contributed by atoms with E-state index in [1.165, 1.54) is 12.8 Å². The van der Waals surface area contributed by atoms with Gasteiger partial charge in [-0.1, -0.05) is 0 Å². The fraction of sp³-hybridized carbons (Fsp3) is 0.923. The summed E-state index contributed by atoms with van der Waals surface area (Å²) in [5.74, 6) is 1.78. The number of nitrogens with zero attached hydrogens (tertiary/aromatic N) is 1. The second-order valence-electron chi connectivity index (χ2n) is 6.26. The molecular formula is C13H22N2OS. The van der Waals surface area contributed by atoms with Crippen molar-refractivity contribution >= 4 is 17.7 Å². The number of amides is 1. The van der Waals surface area contributed by atoms with Gasteiger partial charge in [0.05, 0.1) is 5.92 Å². The Kier molecular flexibility index (Phi) is 2.90. The average molecular weight is 254 g/mol. The molecular weight excluding hydrogens is 232 g/mol. The van der Waals surface area contributed by atoms with E-state index in [9.17, 15) is 4.79 Å². The second kappa shape index (κ2) is 4.16. The highest BCUT2D eigenvalue weighted by Gasteiger charge is 2.45. The maximum Gasteiger partial charge on any atom is 0.227 e. The van der Waals surface area contributed by atoms with Gasteiger partial charge < -0.3 is 10.2 Å². The first-order valence-electron chi connectivity index (χ1n) is 6.74. The van der Waals surface area contributed by atoms with Crippen LogP contribution in [0, 0.1) is 5.92 Å². The Labute approximate surface area is 108 Å². The van der Waals surface area contributed by atoms with Gasteiger partial charge in [-0.3, -0.25) is 4.79 Å². The van der Waals surface area contributed by atoms with E-state index in [4.69, 9.17) is 0 Å². The third-order valence-corrected chi connectivity index (χ3v) is 5.65. The van der Waals surface area contributed by atoms with Gasteiger partial charge in [0.2, 0.25) is 5.91 Å². The lowest BCUT2D eigenvalue weighted by molar-refractivity contribution is -0.136. The fourth-order valence-electron chi connectivity index (χ4n) is 3.54. The van der Waals surface area contributed by atoms with Crippen molar-refractivity contribution in [1.82, 2.24) is 10.2 Å². The van der Waals surface area contributed by atoms with E-state index < -0.39 is 0 Å². The minimum Gasteiger partial charge on any atom is -0.340 e. The van der Waals surface area contributed by atoms with Crippen LogP contribution in [0.4, 0.5) is 0 Å². The van der Waals surface area contributed by atoms with Crippen LogP contribution < -0.4 is 5.32 Å². The van der Waals surface area contributed by atoms with Crippen LogP contribution in [0.2, 0.25) is 0 Å². The van der Waals surface area contributed by atoms with Gasteiger partial charge in [0.25, 0.3) is 0 Å². The minimum absolute atomic E-state index is 0.235. The zero-order valence-electron chi connectivity index (χ0n) is 10.7. The van der Waals surface area contributed by atoms with E-state index in [0.717, 1.165) is 25.3 Å². The Balaban J connectivity index is 1.66. The third-order valence-electron chi connectivity index (χ3n) is 4.35. The molecule has 0 aromatic rings. The Bertz CT molecular complexity index is 331. The minimum atomic E-state index is 0.235. The lowest BCUT2D eigenvalue weighted by Gasteiger charge is -2.39. The molecule has 4 heteroatoms. The Morgan fingerprint density at radius 2 is 2.24 bits per heavy atom. The first-order valence-corrected chi connectivity index (χ1v) is 7.72. The van der Waals surface area contributed by atoms with Crippen LogP contribution in [0.1, 0.15) is 33.1 Å². The number of thioether (sulfide) groups is 1. The van der Waals surface area contributed by atoms with Gasteiger partial charge in [-0.15, -0.1) is 0 Å². The van der Waals surface area contributed by atoms with E-state index in [-0.39, 0.29) is 10.7 Å². The molecule has 3 fully saturated rings. The highest BCUT2D eigenvalue weighted by atomic mass is 32.2. The first-order chi connectivity index (χ1) is 8.05. The van der Waals surface area contributed by atoms with Gasteiger partial charge in [0, 0.05) is 35.7 Å². The molecule has 0 aromatic carbocycles. The summed E-state index contributed by atoms with van der Waals surface area (Å²) in [7, 11) is 0. The molecule has 0 aromatic heterocycles. The highest BCUT2D eigenvalue weighted by molar-refractivity contribution is 8.00. The van der Waals surface area contributed by atoms with E-state index in [1.54, 1.807) is 0 Å². The molecule has 96 valence electrons. The Morgan fingerprint density at radius 1 is 1.41 bits per heavy atom. The molecule has 1 N–H and O–H groups in total. The van der Waals surface area contributed by atoms with Gasteiger partial charge in [-0.05, 0) is 33.1 Å². The van der Waals surface area contributed by atoms with Gasteiger partial charge in [-0.25, -0.2) is 0 Å². The highest BCUT2D eigenvalue weighted by Crippen LogP contribution is 2.36. The van der Waals surface area contributed by atoms with Crippen LogP contribution in [0.3, 0.4) is 0 Å². The van der Waals surface area contributed by atoms with E-state index >= 15 is 0 Å². The van der Waals surface area contributed by atoms with Crippen molar-refractivity contribution in [1.29, 1.82) is 0 Å². The van der Waals surface area contributed by atoms with Crippen molar-refractivity contribution in [2.45, 2.75) is 49.9 Å². The van der Waals surface area contributed by atoms with Gasteiger partial charge >= 0.3 is 0 Å². The zero-order valence-corrected chi connectivity index (χ0v) is 11.6. The monoisotopic (exact) mass is 254 g/mol. The lowest BCUT2D eigenvalue weighted by atomic mass is 9.88. The van der Waals surface area contributed by atoms with E-state index in [1.807, 2.05) is 11.8 Å². The number of hydrogen-bond donors (Lipinski definition) is 1. The van der Waals surface area contributed by atoms with Gasteiger partial charge in [-0.2, -0.15) is 11.8 Å². The van der Waals surface area contributed by atoms with Crippen molar-refractivity contribution in [3.05, 3.63) is 0 Å². The molecule has 3 heterocycles. The summed E-state index contributed by atoms with van der Waals surface area (Å²) < 4.78 is 0.235. The summed E-state index contributed by atoms with van der Waals surface area (Å²) in [5, 5.41) is 3.57. The van der Waals surface area contributed by atoms with Crippen molar-refractivity contribution in [2.75, 3.05) is 18.8 Å². The summed E-state index contributed by atoms with van der Waals surface area (Å²) >= 11 is 1.99. The smallest absolute Gasteiger partial charge is 0.227 e. The SMILES string of the molecule is CC1(C)CN(C(=O)C2CC3CCC2N3)CCS1. The summed E-state index contributed by atoms with van der Waals surface area (Å²) in [5.41, 5.74) is 0. The van der Waals surface area contributed by atoms with Crippen LogP contribution in [0.25, 0.3) is 0 Å².